The molecule has 30 fully saturated rings. The SMILES string of the molecule is OC[C@H]1OC2C3[C@@H](CO)OC(O[C@H]4[C@H](O)[C@@H](O)[C@@H](O[C@H]5[C@H](O)[C@@H](O)[C@@H](O[C@H]6[C@H](O)[C@@H](O)[C@@H](O[C@H]7[C@H](O)[C@@H](O)[C@@H](O[C@H]8[C@H](O)[C@@H](O)[C@@H](O[C@H]9[C@H](O)[C@@H](O)C(OC1[C@H](O)[C@H]2O)O[C@@H]9CO)O[C@@H]8CO)O[C@@H]7CO)O[C@@H]6CO)O[C@@H]5CO)O[C@@H]4CO)[C@H](O)[C@H]3O.[Zn]. The van der Waals surface area contributed by atoms with Crippen molar-refractivity contribution in [1.82, 2.24) is 0 Å². The van der Waals surface area contributed by atoms with Crippen LogP contribution in [-0.2, 0) is 90.5 Å². The number of aliphatic hydroxyl groups is 24. The first-order valence-electron chi connectivity index (χ1n) is 28.0. The van der Waals surface area contributed by atoms with Gasteiger partial charge in [0, 0.05) is 25.4 Å². The zero-order valence-electron chi connectivity index (χ0n) is 46.3. The van der Waals surface area contributed by atoms with Crippen LogP contribution in [0.1, 0.15) is 0 Å². The molecule has 30 aliphatic rings. The van der Waals surface area contributed by atoms with Gasteiger partial charge in [0.2, 0.25) is 0 Å². The van der Waals surface area contributed by atoms with E-state index in [9.17, 15) is 123 Å². The molecule has 24 N–H and O–H groups in total. The standard InChI is InChI=1S/C48H80O39.Zn/c49-1-9-17-18(57)27(66)42(74-9)82-35-11(3-51)76-44(29(68)21(35)60)84-37-13(5-53)78-46(31(70)23(37)62)86-39-15(7-55)80-48(33(72)25(39)64)87-40-16(8-56)79-47(32(71)26(40)65)85-38-14(6-54)77-45(30(69)24(38)63)83-36-12(4-52)75-43(28(67)22(36)61)81-34-10(2-50)73-41(17)20(59)19(34)58;/h9-72H,1-8H2;/t9-,10-,11-,12-,13-,14-,15-,16-,17?,18+,19-,20-,21-,22-,23-,24-,25-,26-,27-,28-,29-,30-,31-,32-,33-,34?,35-,36-,37-,38-,39-,40-,41?,42?,43?,44-,45-,46-,47-,48-;/m1./s1. The smallest absolute Gasteiger partial charge is 0.187 e. The second-order valence-electron chi connectivity index (χ2n) is 22.5. The number of hydrogen-bond acceptors (Lipinski definition) is 39. The molecule has 40 atom stereocenters. The largest absolute Gasteiger partial charge is 0.394 e. The van der Waals surface area contributed by atoms with Crippen molar-refractivity contribution in [2.45, 2.75) is 239 Å². The minimum atomic E-state index is -2.25. The van der Waals surface area contributed by atoms with Crippen LogP contribution < -0.4 is 0 Å². The van der Waals surface area contributed by atoms with Crippen molar-refractivity contribution >= 4 is 0 Å². The van der Waals surface area contributed by atoms with Gasteiger partial charge >= 0.3 is 0 Å². The molecule has 88 heavy (non-hydrogen) atoms. The van der Waals surface area contributed by atoms with Crippen LogP contribution in [0.4, 0.5) is 0 Å². The van der Waals surface area contributed by atoms with Crippen molar-refractivity contribution in [2.75, 3.05) is 52.9 Å². The molecule has 0 aliphatic carbocycles. The summed E-state index contributed by atoms with van der Waals surface area (Å²) in [6, 6.07) is 0. The van der Waals surface area contributed by atoms with Crippen LogP contribution in [0.25, 0.3) is 0 Å². The van der Waals surface area contributed by atoms with Gasteiger partial charge in [0.25, 0.3) is 0 Å². The summed E-state index contributed by atoms with van der Waals surface area (Å²) in [5, 5.41) is 266. The van der Waals surface area contributed by atoms with Crippen LogP contribution in [0.5, 0.6) is 0 Å². The van der Waals surface area contributed by atoms with Crippen LogP contribution in [0, 0.1) is 5.92 Å². The van der Waals surface area contributed by atoms with E-state index in [1.54, 1.807) is 0 Å². The minimum absolute atomic E-state index is 0. The van der Waals surface area contributed by atoms with Gasteiger partial charge in [-0.05, 0) is 0 Å². The first kappa shape index (κ1) is 72.9. The molecule has 0 aromatic heterocycles. The van der Waals surface area contributed by atoms with E-state index in [-0.39, 0.29) is 19.5 Å². The maximum atomic E-state index is 11.6. The van der Waals surface area contributed by atoms with Gasteiger partial charge in [-0.15, -0.1) is 0 Å². The maximum absolute atomic E-state index is 11.6. The minimum Gasteiger partial charge on any atom is -0.394 e. The molecule has 30 rings (SSSR count). The summed E-state index contributed by atoms with van der Waals surface area (Å²) in [6.07, 6.45) is -79.7. The number of hydrogen-bond donors (Lipinski definition) is 24. The predicted molar refractivity (Wildman–Crippen MR) is 260 cm³/mol. The molecule has 0 spiro atoms. The number of ether oxygens (including phenoxy) is 15. The van der Waals surface area contributed by atoms with E-state index in [4.69, 9.17) is 71.1 Å². The summed E-state index contributed by atoms with van der Waals surface area (Å²) in [4.78, 5) is 0. The fraction of sp³-hybridized carbons (Fsp3) is 1.00. The van der Waals surface area contributed by atoms with E-state index < -0.39 is 298 Å². The Labute approximate surface area is 509 Å². The second kappa shape index (κ2) is 30.9. The molecule has 40 heteroatoms. The van der Waals surface area contributed by atoms with Gasteiger partial charge < -0.3 is 194 Å². The molecule has 0 radical (unpaired) electrons. The molecule has 16 bridgehead atoms. The van der Waals surface area contributed by atoms with Gasteiger partial charge in [0.1, 0.15) is 177 Å². The van der Waals surface area contributed by atoms with Crippen LogP contribution in [0.2, 0.25) is 0 Å². The molecule has 508 valence electrons. The number of aliphatic hydroxyl groups excluding tert-OH is 24. The Kier molecular flexibility index (Phi) is 25.6. The van der Waals surface area contributed by atoms with E-state index in [1.807, 2.05) is 0 Å². The quantitative estimate of drug-likeness (QED) is 0.100. The first-order chi connectivity index (χ1) is 41.4. The molecule has 30 heterocycles. The van der Waals surface area contributed by atoms with E-state index in [0.717, 1.165) is 0 Å². The zero-order valence-corrected chi connectivity index (χ0v) is 49.3. The molecule has 0 aromatic rings. The summed E-state index contributed by atoms with van der Waals surface area (Å²) in [5.74, 6) is -1.75. The topological polar surface area (TPSA) is 624 Å². The fourth-order valence-corrected chi connectivity index (χ4v) is 12.3. The van der Waals surface area contributed by atoms with E-state index >= 15 is 0 Å². The summed E-state index contributed by atoms with van der Waals surface area (Å²) >= 11 is 0. The van der Waals surface area contributed by atoms with E-state index in [2.05, 4.69) is 0 Å². The Hall–Kier alpha value is -0.937. The Morgan fingerprint density at radius 3 is 0.500 bits per heavy atom. The Morgan fingerprint density at radius 2 is 0.307 bits per heavy atom. The Bertz CT molecular complexity index is 2130. The Morgan fingerprint density at radius 1 is 0.159 bits per heavy atom. The van der Waals surface area contributed by atoms with E-state index in [0.29, 0.717) is 0 Å². The summed E-state index contributed by atoms with van der Waals surface area (Å²) in [7, 11) is 0. The summed E-state index contributed by atoms with van der Waals surface area (Å²) < 4.78 is 85.8. The molecular formula is C48H80O39Zn. The monoisotopic (exact) mass is 1340 g/mol. The van der Waals surface area contributed by atoms with Crippen molar-refractivity contribution in [2.24, 2.45) is 5.92 Å². The van der Waals surface area contributed by atoms with Gasteiger partial charge in [-0.2, -0.15) is 0 Å². The third kappa shape index (κ3) is 14.0. The van der Waals surface area contributed by atoms with Gasteiger partial charge in [0.15, 0.2) is 44.0 Å². The van der Waals surface area contributed by atoms with Crippen molar-refractivity contribution in [3.63, 3.8) is 0 Å². The molecule has 0 amide bonds. The molecule has 39 nitrogen and oxygen atoms in total. The Balaban J connectivity index is 0.0000100. The van der Waals surface area contributed by atoms with Gasteiger partial charge in [0.05, 0.1) is 71.2 Å². The average Bonchev–Trinajstić information content (AvgIpc) is 2.45. The van der Waals surface area contributed by atoms with Crippen molar-refractivity contribution in [3.05, 3.63) is 0 Å². The maximum Gasteiger partial charge on any atom is 0.187 e. The van der Waals surface area contributed by atoms with Crippen LogP contribution in [0.15, 0.2) is 0 Å². The van der Waals surface area contributed by atoms with Crippen molar-refractivity contribution in [1.29, 1.82) is 0 Å². The predicted octanol–water partition coefficient (Wildman–Crippen LogP) is -17.1. The van der Waals surface area contributed by atoms with Crippen LogP contribution in [0.3, 0.4) is 0 Å². The molecule has 30 aliphatic heterocycles. The second-order valence-corrected chi connectivity index (χ2v) is 22.5. The molecule has 30 saturated heterocycles. The molecule has 0 saturated carbocycles. The zero-order chi connectivity index (χ0) is 63.4. The van der Waals surface area contributed by atoms with Gasteiger partial charge in [-0.25, -0.2) is 0 Å². The normalized spacial score (nSPS) is 55.1. The molecule has 0 aromatic carbocycles. The van der Waals surface area contributed by atoms with Crippen LogP contribution in [-0.4, -0.2) is 415 Å². The third-order valence-electron chi connectivity index (χ3n) is 17.2. The van der Waals surface area contributed by atoms with Crippen molar-refractivity contribution < 1.29 is 213 Å². The van der Waals surface area contributed by atoms with Crippen molar-refractivity contribution in [3.8, 4) is 0 Å². The van der Waals surface area contributed by atoms with Gasteiger partial charge in [-0.3, -0.25) is 0 Å². The first-order valence-corrected chi connectivity index (χ1v) is 28.0. The third-order valence-corrected chi connectivity index (χ3v) is 17.2. The van der Waals surface area contributed by atoms with Crippen LogP contribution >= 0.6 is 0 Å². The average molecular weight is 1350 g/mol. The summed E-state index contributed by atoms with van der Waals surface area (Å²) in [6.45, 7) is -8.63. The van der Waals surface area contributed by atoms with Gasteiger partial charge in [-0.1, -0.05) is 0 Å². The molecule has 5 unspecified atom stereocenters. The molecular weight excluding hydrogens is 1270 g/mol. The fourth-order valence-electron chi connectivity index (χ4n) is 12.3. The summed E-state index contributed by atoms with van der Waals surface area (Å²) in [5.41, 5.74) is 0. The number of rotatable bonds is 8. The van der Waals surface area contributed by atoms with E-state index in [1.165, 1.54) is 0 Å².